The lowest BCUT2D eigenvalue weighted by molar-refractivity contribution is -0.138. The molecule has 0 saturated carbocycles. The average molecular weight is 347 g/mol. The number of likely N-dealkylation sites (tertiary alicyclic amines) is 1. The molecule has 138 valence electrons. The van der Waals surface area contributed by atoms with E-state index in [2.05, 4.69) is 10.2 Å². The second-order valence-electron chi connectivity index (χ2n) is 6.97. The molecule has 1 aliphatic rings. The minimum absolute atomic E-state index is 0.0221. The highest BCUT2D eigenvalue weighted by atomic mass is 16.3. The molecule has 1 aliphatic heterocycles. The summed E-state index contributed by atoms with van der Waals surface area (Å²) in [5.41, 5.74) is 1.85. The van der Waals surface area contributed by atoms with Crippen LogP contribution < -0.4 is 5.32 Å². The maximum absolute atomic E-state index is 12.6. The van der Waals surface area contributed by atoms with Gasteiger partial charge in [0.1, 0.15) is 0 Å². The number of hydrogen-bond acceptors (Lipinski definition) is 4. The van der Waals surface area contributed by atoms with Crippen molar-refractivity contribution in [2.24, 2.45) is 5.92 Å². The van der Waals surface area contributed by atoms with E-state index in [4.69, 9.17) is 0 Å². The smallest absolute Gasteiger partial charge is 0.243 e. The largest absolute Gasteiger partial charge is 0.396 e. The summed E-state index contributed by atoms with van der Waals surface area (Å²) in [5.74, 6) is -0.0458. The summed E-state index contributed by atoms with van der Waals surface area (Å²) in [7, 11) is 1.65. The number of aryl methyl sites for hydroxylation is 1. The van der Waals surface area contributed by atoms with Gasteiger partial charge < -0.3 is 15.3 Å². The van der Waals surface area contributed by atoms with Crippen LogP contribution in [0.4, 0.5) is 5.69 Å². The second kappa shape index (κ2) is 8.97. The standard InChI is InChI=1S/C19H29N3O3/c1-14-6-8-17(9-7-14)20-18(24)12-21(3)19(25)15(2)22-10-4-5-16(11-22)13-23/h6-9,15-16,23H,4-5,10-13H2,1-3H3,(H,20,24). The molecule has 1 aromatic carbocycles. The Kier molecular flexibility index (Phi) is 6.96. The number of aliphatic hydroxyl groups is 1. The lowest BCUT2D eigenvalue weighted by atomic mass is 9.97. The van der Waals surface area contributed by atoms with E-state index < -0.39 is 0 Å². The number of likely N-dealkylation sites (N-methyl/N-ethyl adjacent to an activating group) is 1. The van der Waals surface area contributed by atoms with E-state index in [0.29, 0.717) is 0 Å². The fourth-order valence-corrected chi connectivity index (χ4v) is 3.20. The van der Waals surface area contributed by atoms with Gasteiger partial charge in [-0.3, -0.25) is 14.5 Å². The first-order valence-electron chi connectivity index (χ1n) is 8.87. The van der Waals surface area contributed by atoms with Crippen molar-refractivity contribution < 1.29 is 14.7 Å². The first-order chi connectivity index (χ1) is 11.9. The van der Waals surface area contributed by atoms with Crippen molar-refractivity contribution in [1.82, 2.24) is 9.80 Å². The zero-order valence-electron chi connectivity index (χ0n) is 15.4. The number of anilines is 1. The third-order valence-corrected chi connectivity index (χ3v) is 4.81. The van der Waals surface area contributed by atoms with Gasteiger partial charge in [-0.05, 0) is 51.3 Å². The quantitative estimate of drug-likeness (QED) is 0.818. The molecule has 1 saturated heterocycles. The van der Waals surface area contributed by atoms with Crippen molar-refractivity contribution in [3.05, 3.63) is 29.8 Å². The van der Waals surface area contributed by atoms with Gasteiger partial charge in [-0.2, -0.15) is 0 Å². The van der Waals surface area contributed by atoms with Gasteiger partial charge in [-0.1, -0.05) is 17.7 Å². The summed E-state index contributed by atoms with van der Waals surface area (Å²) in [6, 6.07) is 7.27. The van der Waals surface area contributed by atoms with Crippen LogP contribution in [0.25, 0.3) is 0 Å². The zero-order chi connectivity index (χ0) is 18.4. The Hall–Kier alpha value is -1.92. The van der Waals surface area contributed by atoms with E-state index in [1.165, 1.54) is 4.90 Å². The van der Waals surface area contributed by atoms with Crippen LogP contribution in [-0.2, 0) is 9.59 Å². The molecule has 2 unspecified atom stereocenters. The van der Waals surface area contributed by atoms with E-state index >= 15 is 0 Å². The van der Waals surface area contributed by atoms with Crippen molar-refractivity contribution in [2.75, 3.05) is 38.6 Å². The minimum Gasteiger partial charge on any atom is -0.396 e. The first kappa shape index (κ1) is 19.4. The Morgan fingerprint density at radius 1 is 1.36 bits per heavy atom. The van der Waals surface area contributed by atoms with Gasteiger partial charge in [0.2, 0.25) is 11.8 Å². The summed E-state index contributed by atoms with van der Waals surface area (Å²) in [4.78, 5) is 28.3. The van der Waals surface area contributed by atoms with Gasteiger partial charge in [0.15, 0.2) is 0 Å². The molecule has 6 heteroatoms. The van der Waals surface area contributed by atoms with Crippen molar-refractivity contribution >= 4 is 17.5 Å². The van der Waals surface area contributed by atoms with Crippen molar-refractivity contribution in [3.63, 3.8) is 0 Å². The highest BCUT2D eigenvalue weighted by Gasteiger charge is 2.29. The predicted molar refractivity (Wildman–Crippen MR) is 98.3 cm³/mol. The lowest BCUT2D eigenvalue weighted by Crippen LogP contribution is -2.51. The third-order valence-electron chi connectivity index (χ3n) is 4.81. The molecule has 2 N–H and O–H groups in total. The molecule has 2 atom stereocenters. The van der Waals surface area contributed by atoms with Gasteiger partial charge >= 0.3 is 0 Å². The summed E-state index contributed by atoms with van der Waals surface area (Å²) in [5, 5.41) is 12.1. The van der Waals surface area contributed by atoms with E-state index in [0.717, 1.165) is 37.2 Å². The summed E-state index contributed by atoms with van der Waals surface area (Å²) in [6.45, 7) is 5.62. The normalized spacial score (nSPS) is 19.3. The molecule has 1 fully saturated rings. The number of hydrogen-bond donors (Lipinski definition) is 2. The minimum atomic E-state index is -0.286. The number of carbonyl (C=O) groups excluding carboxylic acids is 2. The van der Waals surface area contributed by atoms with E-state index in [-0.39, 0.29) is 36.9 Å². The SMILES string of the molecule is Cc1ccc(NC(=O)CN(C)C(=O)C(C)N2CCCC(CO)C2)cc1. The molecule has 25 heavy (non-hydrogen) atoms. The van der Waals surface area contributed by atoms with Crippen molar-refractivity contribution in [2.45, 2.75) is 32.7 Å². The molecule has 1 aromatic rings. The van der Waals surface area contributed by atoms with Crippen molar-refractivity contribution in [3.8, 4) is 0 Å². The fourth-order valence-electron chi connectivity index (χ4n) is 3.20. The molecule has 0 spiro atoms. The average Bonchev–Trinajstić information content (AvgIpc) is 2.62. The second-order valence-corrected chi connectivity index (χ2v) is 6.97. The molecular weight excluding hydrogens is 318 g/mol. The number of piperidine rings is 1. The highest BCUT2D eigenvalue weighted by molar-refractivity contribution is 5.95. The summed E-state index contributed by atoms with van der Waals surface area (Å²) in [6.07, 6.45) is 1.99. The maximum atomic E-state index is 12.6. The maximum Gasteiger partial charge on any atom is 0.243 e. The number of carbonyl (C=O) groups is 2. The highest BCUT2D eigenvalue weighted by Crippen LogP contribution is 2.18. The molecule has 0 bridgehead atoms. The Labute approximate surface area is 149 Å². The molecule has 2 amide bonds. The number of aliphatic hydroxyl groups excluding tert-OH is 1. The van der Waals surface area contributed by atoms with Crippen LogP contribution in [0.2, 0.25) is 0 Å². The fraction of sp³-hybridized carbons (Fsp3) is 0.579. The van der Waals surface area contributed by atoms with Crippen LogP contribution in [0.5, 0.6) is 0 Å². The van der Waals surface area contributed by atoms with Crippen LogP contribution in [0.15, 0.2) is 24.3 Å². The predicted octanol–water partition coefficient (Wildman–Crippen LogP) is 1.48. The molecule has 1 heterocycles. The molecule has 0 aliphatic carbocycles. The number of nitrogens with zero attached hydrogens (tertiary/aromatic N) is 2. The van der Waals surface area contributed by atoms with Gasteiger partial charge in [-0.25, -0.2) is 0 Å². The Morgan fingerprint density at radius 3 is 2.68 bits per heavy atom. The molecule has 0 aromatic heterocycles. The van der Waals surface area contributed by atoms with E-state index in [1.54, 1.807) is 7.05 Å². The number of amides is 2. The number of rotatable bonds is 6. The van der Waals surface area contributed by atoms with Crippen LogP contribution in [0.3, 0.4) is 0 Å². The van der Waals surface area contributed by atoms with Gasteiger partial charge in [-0.15, -0.1) is 0 Å². The molecular formula is C19H29N3O3. The Bertz CT molecular complexity index is 588. The third kappa shape index (κ3) is 5.54. The van der Waals surface area contributed by atoms with Gasteiger partial charge in [0, 0.05) is 25.9 Å². The monoisotopic (exact) mass is 347 g/mol. The molecule has 2 rings (SSSR count). The van der Waals surface area contributed by atoms with Gasteiger partial charge in [0.05, 0.1) is 12.6 Å². The Morgan fingerprint density at radius 2 is 2.04 bits per heavy atom. The molecule has 0 radical (unpaired) electrons. The summed E-state index contributed by atoms with van der Waals surface area (Å²) >= 11 is 0. The number of nitrogens with one attached hydrogen (secondary N) is 1. The number of benzene rings is 1. The van der Waals surface area contributed by atoms with Crippen LogP contribution in [-0.4, -0.2) is 66.1 Å². The Balaban J connectivity index is 1.86. The lowest BCUT2D eigenvalue weighted by Gasteiger charge is -2.36. The van der Waals surface area contributed by atoms with E-state index in [9.17, 15) is 14.7 Å². The molecule has 6 nitrogen and oxygen atoms in total. The first-order valence-corrected chi connectivity index (χ1v) is 8.87. The summed E-state index contributed by atoms with van der Waals surface area (Å²) < 4.78 is 0. The topological polar surface area (TPSA) is 72.9 Å². The van der Waals surface area contributed by atoms with Crippen molar-refractivity contribution in [1.29, 1.82) is 0 Å². The van der Waals surface area contributed by atoms with E-state index in [1.807, 2.05) is 38.1 Å². The van der Waals surface area contributed by atoms with Crippen LogP contribution in [0, 0.1) is 12.8 Å². The van der Waals surface area contributed by atoms with Crippen LogP contribution >= 0.6 is 0 Å². The zero-order valence-corrected chi connectivity index (χ0v) is 15.4. The van der Waals surface area contributed by atoms with Crippen LogP contribution in [0.1, 0.15) is 25.3 Å². The van der Waals surface area contributed by atoms with Gasteiger partial charge in [0.25, 0.3) is 0 Å².